The number of amides is 2. The third-order valence-electron chi connectivity index (χ3n) is 5.10. The molecule has 0 saturated heterocycles. The Morgan fingerprint density at radius 2 is 1.76 bits per heavy atom. The Morgan fingerprint density at radius 1 is 1.12 bits per heavy atom. The molecule has 2 rings (SSSR count). The van der Waals surface area contributed by atoms with Gasteiger partial charge in [-0.25, -0.2) is 8.42 Å². The zero-order chi connectivity index (χ0) is 25.5. The molecule has 186 valence electrons. The minimum atomic E-state index is -3.81. The van der Waals surface area contributed by atoms with E-state index < -0.39 is 28.5 Å². The number of carbonyl (C=O) groups excluding carboxylic acids is 2. The summed E-state index contributed by atoms with van der Waals surface area (Å²) >= 11 is 5.99. The Hall–Kier alpha value is -2.78. The van der Waals surface area contributed by atoms with Crippen LogP contribution in [-0.2, 0) is 26.2 Å². The molecule has 2 aromatic carbocycles. The molecule has 0 bridgehead atoms. The number of ether oxygens (including phenoxy) is 1. The van der Waals surface area contributed by atoms with E-state index in [0.717, 1.165) is 16.1 Å². The van der Waals surface area contributed by atoms with Gasteiger partial charge in [-0.3, -0.25) is 13.9 Å². The van der Waals surface area contributed by atoms with E-state index in [2.05, 4.69) is 5.32 Å². The van der Waals surface area contributed by atoms with Gasteiger partial charge in [-0.2, -0.15) is 0 Å². The summed E-state index contributed by atoms with van der Waals surface area (Å²) in [5.74, 6) is -0.347. The van der Waals surface area contributed by atoms with Crippen molar-refractivity contribution in [2.75, 3.05) is 24.2 Å². The molecule has 0 aromatic heterocycles. The number of methoxy groups -OCH3 is 1. The molecule has 8 nitrogen and oxygen atoms in total. The average Bonchev–Trinajstić information content (AvgIpc) is 2.77. The smallest absolute Gasteiger partial charge is 0.244 e. The summed E-state index contributed by atoms with van der Waals surface area (Å²) in [6.07, 6.45) is 1.39. The Morgan fingerprint density at radius 3 is 2.29 bits per heavy atom. The Labute approximate surface area is 206 Å². The molecule has 0 heterocycles. The summed E-state index contributed by atoms with van der Waals surface area (Å²) in [5.41, 5.74) is 1.06. The van der Waals surface area contributed by atoms with Gasteiger partial charge in [0.1, 0.15) is 18.3 Å². The molecule has 0 aliphatic heterocycles. The second-order valence-corrected chi connectivity index (χ2v) is 10.5. The lowest BCUT2D eigenvalue weighted by atomic mass is 10.1. The highest BCUT2D eigenvalue weighted by atomic mass is 35.5. The normalized spacial score (nSPS) is 12.2. The first kappa shape index (κ1) is 27.5. The van der Waals surface area contributed by atoms with Crippen LogP contribution in [0.5, 0.6) is 5.75 Å². The Bertz CT molecular complexity index is 1090. The summed E-state index contributed by atoms with van der Waals surface area (Å²) < 4.78 is 31.5. The van der Waals surface area contributed by atoms with Crippen LogP contribution in [0.4, 0.5) is 5.69 Å². The van der Waals surface area contributed by atoms with Crippen molar-refractivity contribution in [2.24, 2.45) is 0 Å². The van der Waals surface area contributed by atoms with Gasteiger partial charge in [0, 0.05) is 23.7 Å². The number of hydrogen-bond acceptors (Lipinski definition) is 5. The highest BCUT2D eigenvalue weighted by Crippen LogP contribution is 2.24. The molecule has 1 atom stereocenters. The van der Waals surface area contributed by atoms with Crippen LogP contribution in [0.15, 0.2) is 48.5 Å². The highest BCUT2D eigenvalue weighted by Gasteiger charge is 2.32. The molecule has 34 heavy (non-hydrogen) atoms. The quantitative estimate of drug-likeness (QED) is 0.500. The maximum atomic E-state index is 13.6. The Kier molecular flexibility index (Phi) is 9.76. The summed E-state index contributed by atoms with van der Waals surface area (Å²) in [5, 5.41) is 3.40. The van der Waals surface area contributed by atoms with E-state index in [1.807, 2.05) is 20.8 Å². The highest BCUT2D eigenvalue weighted by molar-refractivity contribution is 7.92. The molecule has 2 amide bonds. The van der Waals surface area contributed by atoms with Crippen molar-refractivity contribution < 1.29 is 22.7 Å². The molecule has 2 aromatic rings. The van der Waals surface area contributed by atoms with Gasteiger partial charge in [-0.1, -0.05) is 36.7 Å². The second-order valence-electron chi connectivity index (χ2n) is 8.21. The standard InChI is InChI=1S/C24H32ClN3O5S/c1-6-22(24(30)26-17(2)3)27(15-18-10-12-19(25)13-11-18)23(29)16-28(34(5,31)32)20-8-7-9-21(14-20)33-4/h7-14,17,22H,6,15-16H2,1-5H3,(H,26,30). The lowest BCUT2D eigenvalue weighted by Crippen LogP contribution is -2.53. The average molecular weight is 510 g/mol. The number of rotatable bonds is 11. The van der Waals surface area contributed by atoms with Gasteiger partial charge in [0.2, 0.25) is 21.8 Å². The number of anilines is 1. The fourth-order valence-electron chi connectivity index (χ4n) is 3.47. The fraction of sp³-hybridized carbons (Fsp3) is 0.417. The van der Waals surface area contributed by atoms with Gasteiger partial charge in [-0.05, 0) is 50.1 Å². The molecular formula is C24H32ClN3O5S. The molecule has 0 saturated carbocycles. The van der Waals surface area contributed by atoms with Gasteiger partial charge in [0.05, 0.1) is 19.1 Å². The van der Waals surface area contributed by atoms with E-state index in [-0.39, 0.29) is 18.5 Å². The first-order chi connectivity index (χ1) is 16.0. The monoisotopic (exact) mass is 509 g/mol. The SMILES string of the molecule is CCC(C(=O)NC(C)C)N(Cc1ccc(Cl)cc1)C(=O)CN(c1cccc(OC)c1)S(C)(=O)=O. The molecule has 1 unspecified atom stereocenters. The van der Waals surface area contributed by atoms with Crippen LogP contribution in [0.3, 0.4) is 0 Å². The minimum absolute atomic E-state index is 0.113. The second kappa shape index (κ2) is 12.1. The van der Waals surface area contributed by atoms with E-state index in [0.29, 0.717) is 22.9 Å². The maximum absolute atomic E-state index is 13.6. The molecule has 0 fully saturated rings. The molecule has 1 N–H and O–H groups in total. The van der Waals surface area contributed by atoms with Crippen LogP contribution in [0.25, 0.3) is 0 Å². The van der Waals surface area contributed by atoms with Gasteiger partial charge in [0.15, 0.2) is 0 Å². The zero-order valence-corrected chi connectivity index (χ0v) is 21.7. The molecule has 0 radical (unpaired) electrons. The van der Waals surface area contributed by atoms with Crippen molar-refractivity contribution in [1.82, 2.24) is 10.2 Å². The summed E-state index contributed by atoms with van der Waals surface area (Å²) in [7, 11) is -2.34. The van der Waals surface area contributed by atoms with Crippen LogP contribution in [0.1, 0.15) is 32.8 Å². The first-order valence-corrected chi connectivity index (χ1v) is 13.1. The van der Waals surface area contributed by atoms with Crippen molar-refractivity contribution in [3.63, 3.8) is 0 Å². The lowest BCUT2D eigenvalue weighted by Gasteiger charge is -2.33. The predicted molar refractivity (Wildman–Crippen MR) is 135 cm³/mol. The molecule has 0 aliphatic rings. The van der Waals surface area contributed by atoms with E-state index in [9.17, 15) is 18.0 Å². The Balaban J connectivity index is 2.44. The maximum Gasteiger partial charge on any atom is 0.244 e. The van der Waals surface area contributed by atoms with Crippen LogP contribution in [0, 0.1) is 0 Å². The number of carbonyl (C=O) groups is 2. The number of nitrogens with zero attached hydrogens (tertiary/aromatic N) is 2. The number of benzene rings is 2. The van der Waals surface area contributed by atoms with Crippen molar-refractivity contribution in [3.05, 3.63) is 59.1 Å². The zero-order valence-electron chi connectivity index (χ0n) is 20.1. The summed E-state index contributed by atoms with van der Waals surface area (Å²) in [6, 6.07) is 12.5. The first-order valence-electron chi connectivity index (χ1n) is 10.9. The van der Waals surface area contributed by atoms with E-state index in [1.165, 1.54) is 12.0 Å². The van der Waals surface area contributed by atoms with Gasteiger partial charge in [-0.15, -0.1) is 0 Å². The van der Waals surface area contributed by atoms with Gasteiger partial charge in [0.25, 0.3) is 0 Å². The van der Waals surface area contributed by atoms with Crippen molar-refractivity contribution in [2.45, 2.75) is 45.8 Å². The fourth-order valence-corrected chi connectivity index (χ4v) is 4.43. The number of nitrogens with one attached hydrogen (secondary N) is 1. The van der Waals surface area contributed by atoms with E-state index >= 15 is 0 Å². The van der Waals surface area contributed by atoms with Crippen LogP contribution >= 0.6 is 11.6 Å². The predicted octanol–water partition coefficient (Wildman–Crippen LogP) is 3.45. The number of hydrogen-bond donors (Lipinski definition) is 1. The summed E-state index contributed by atoms with van der Waals surface area (Å²) in [4.78, 5) is 27.9. The van der Waals surface area contributed by atoms with E-state index in [1.54, 1.807) is 48.5 Å². The van der Waals surface area contributed by atoms with Crippen LogP contribution in [0.2, 0.25) is 5.02 Å². The largest absolute Gasteiger partial charge is 0.497 e. The number of halogens is 1. The lowest BCUT2D eigenvalue weighted by molar-refractivity contribution is -0.140. The molecule has 0 aliphatic carbocycles. The van der Waals surface area contributed by atoms with E-state index in [4.69, 9.17) is 16.3 Å². The summed E-state index contributed by atoms with van der Waals surface area (Å²) in [6.45, 7) is 5.14. The molecular weight excluding hydrogens is 478 g/mol. The topological polar surface area (TPSA) is 96.0 Å². The third-order valence-corrected chi connectivity index (χ3v) is 6.50. The van der Waals surface area contributed by atoms with Crippen molar-refractivity contribution in [1.29, 1.82) is 0 Å². The third kappa shape index (κ3) is 7.63. The van der Waals surface area contributed by atoms with Gasteiger partial charge < -0.3 is 15.0 Å². The van der Waals surface area contributed by atoms with Crippen molar-refractivity contribution >= 4 is 39.1 Å². The minimum Gasteiger partial charge on any atom is -0.497 e. The van der Waals surface area contributed by atoms with Crippen LogP contribution < -0.4 is 14.4 Å². The van der Waals surface area contributed by atoms with Crippen LogP contribution in [-0.4, -0.2) is 57.1 Å². The van der Waals surface area contributed by atoms with Crippen molar-refractivity contribution in [3.8, 4) is 5.75 Å². The number of sulfonamides is 1. The molecule has 10 heteroatoms. The van der Waals surface area contributed by atoms with Gasteiger partial charge >= 0.3 is 0 Å². The molecule has 0 spiro atoms.